The van der Waals surface area contributed by atoms with E-state index >= 15 is 0 Å². The lowest BCUT2D eigenvalue weighted by Gasteiger charge is -2.38. The van der Waals surface area contributed by atoms with Crippen LogP contribution in [0.25, 0.3) is 0 Å². The molecule has 2 fully saturated rings. The summed E-state index contributed by atoms with van der Waals surface area (Å²) >= 11 is 0. The predicted molar refractivity (Wildman–Crippen MR) is 61.3 cm³/mol. The summed E-state index contributed by atoms with van der Waals surface area (Å²) in [6, 6.07) is -0.130. The minimum absolute atomic E-state index is 0.115. The number of carboxylic acid groups (broad SMARTS) is 1. The zero-order valence-electron chi connectivity index (χ0n) is 10.5. The van der Waals surface area contributed by atoms with Crippen LogP contribution in [0.1, 0.15) is 0 Å². The van der Waals surface area contributed by atoms with Crippen LogP contribution < -0.4 is 0 Å². The average Bonchev–Trinajstić information content (AvgIpc) is 2.69. The zero-order chi connectivity index (χ0) is 13.3. The first-order valence-electron chi connectivity index (χ1n) is 5.89. The van der Waals surface area contributed by atoms with Crippen LogP contribution in [0, 0.1) is 5.92 Å². The van der Waals surface area contributed by atoms with Crippen LogP contribution in [0.4, 0.5) is 4.79 Å². The average molecular weight is 258 g/mol. The molecule has 0 saturated carbocycles. The molecule has 0 aromatic heterocycles. The van der Waals surface area contributed by atoms with Gasteiger partial charge in [-0.05, 0) is 0 Å². The molecule has 0 aromatic carbocycles. The summed E-state index contributed by atoms with van der Waals surface area (Å²) < 4.78 is 10.5. The minimum atomic E-state index is -0.843. The van der Waals surface area contributed by atoms with Gasteiger partial charge in [-0.1, -0.05) is 0 Å². The van der Waals surface area contributed by atoms with Gasteiger partial charge >= 0.3 is 12.0 Å². The molecule has 7 nitrogen and oxygen atoms in total. The van der Waals surface area contributed by atoms with Gasteiger partial charge in [0.15, 0.2) is 0 Å². The van der Waals surface area contributed by atoms with Gasteiger partial charge in [0.05, 0.1) is 19.0 Å². The number of rotatable bonds is 3. The van der Waals surface area contributed by atoms with Gasteiger partial charge in [-0.3, -0.25) is 4.79 Å². The van der Waals surface area contributed by atoms with Crippen molar-refractivity contribution in [1.82, 2.24) is 9.80 Å². The summed E-state index contributed by atoms with van der Waals surface area (Å²) in [5.74, 6) is -1.27. The SMILES string of the molecule is COC1CN(C(=O)N2CC(C(=O)O)C2)CC1OC. The highest BCUT2D eigenvalue weighted by molar-refractivity contribution is 5.80. The Morgan fingerprint density at radius 2 is 1.44 bits per heavy atom. The van der Waals surface area contributed by atoms with E-state index in [0.29, 0.717) is 26.2 Å². The predicted octanol–water partition coefficient (Wildman–Crippen LogP) is -0.532. The van der Waals surface area contributed by atoms with Crippen LogP contribution >= 0.6 is 0 Å². The second kappa shape index (κ2) is 5.11. The number of urea groups is 1. The maximum atomic E-state index is 12.1. The summed E-state index contributed by atoms with van der Waals surface area (Å²) in [6.45, 7) is 1.56. The molecule has 2 atom stereocenters. The van der Waals surface area contributed by atoms with Crippen molar-refractivity contribution < 1.29 is 24.2 Å². The van der Waals surface area contributed by atoms with E-state index in [9.17, 15) is 9.59 Å². The van der Waals surface area contributed by atoms with Gasteiger partial charge < -0.3 is 24.4 Å². The Balaban J connectivity index is 1.86. The molecule has 2 unspecified atom stereocenters. The number of carbonyl (C=O) groups excluding carboxylic acids is 1. The maximum absolute atomic E-state index is 12.1. The second-order valence-corrected chi connectivity index (χ2v) is 4.68. The number of ether oxygens (including phenoxy) is 2. The largest absolute Gasteiger partial charge is 0.481 e. The molecule has 2 aliphatic heterocycles. The molecule has 0 bridgehead atoms. The van der Waals surface area contributed by atoms with Crippen LogP contribution in [-0.2, 0) is 14.3 Å². The number of amides is 2. The summed E-state index contributed by atoms with van der Waals surface area (Å²) in [5.41, 5.74) is 0. The van der Waals surface area contributed by atoms with Crippen LogP contribution in [0.2, 0.25) is 0 Å². The third-order valence-electron chi connectivity index (χ3n) is 3.59. The fourth-order valence-corrected chi connectivity index (χ4v) is 2.34. The van der Waals surface area contributed by atoms with E-state index in [1.165, 1.54) is 0 Å². The summed E-state index contributed by atoms with van der Waals surface area (Å²) in [7, 11) is 3.18. The van der Waals surface area contributed by atoms with Crippen molar-refractivity contribution in [2.45, 2.75) is 12.2 Å². The molecule has 102 valence electrons. The van der Waals surface area contributed by atoms with Crippen molar-refractivity contribution in [2.75, 3.05) is 40.4 Å². The lowest BCUT2D eigenvalue weighted by atomic mass is 10.0. The molecule has 2 rings (SSSR count). The fourth-order valence-electron chi connectivity index (χ4n) is 2.34. The van der Waals surface area contributed by atoms with Gasteiger partial charge in [-0.15, -0.1) is 0 Å². The summed E-state index contributed by atoms with van der Waals surface area (Å²) in [6.07, 6.45) is -0.231. The monoisotopic (exact) mass is 258 g/mol. The Labute approximate surface area is 105 Å². The first-order valence-corrected chi connectivity index (χ1v) is 5.89. The van der Waals surface area contributed by atoms with Crippen LogP contribution in [0.15, 0.2) is 0 Å². The molecular weight excluding hydrogens is 240 g/mol. The van der Waals surface area contributed by atoms with Crippen molar-refractivity contribution in [3.8, 4) is 0 Å². The van der Waals surface area contributed by atoms with Gasteiger partial charge in [0.2, 0.25) is 0 Å². The number of methoxy groups -OCH3 is 2. The smallest absolute Gasteiger partial charge is 0.320 e. The molecule has 2 heterocycles. The molecule has 0 radical (unpaired) electrons. The third-order valence-corrected chi connectivity index (χ3v) is 3.59. The molecular formula is C11H18N2O5. The molecule has 0 spiro atoms. The summed E-state index contributed by atoms with van der Waals surface area (Å²) in [4.78, 5) is 25.9. The Hall–Kier alpha value is -1.34. The fraction of sp³-hybridized carbons (Fsp3) is 0.818. The molecule has 0 aliphatic carbocycles. The quantitative estimate of drug-likeness (QED) is 0.736. The van der Waals surface area contributed by atoms with E-state index in [-0.39, 0.29) is 18.2 Å². The van der Waals surface area contributed by atoms with Crippen LogP contribution in [-0.4, -0.2) is 79.5 Å². The molecule has 18 heavy (non-hydrogen) atoms. The Kier molecular flexibility index (Phi) is 3.72. The van der Waals surface area contributed by atoms with Gasteiger partial charge in [0.25, 0.3) is 0 Å². The maximum Gasteiger partial charge on any atom is 0.320 e. The van der Waals surface area contributed by atoms with Crippen molar-refractivity contribution in [1.29, 1.82) is 0 Å². The lowest BCUT2D eigenvalue weighted by Crippen LogP contribution is -2.56. The van der Waals surface area contributed by atoms with Crippen molar-refractivity contribution in [3.05, 3.63) is 0 Å². The normalized spacial score (nSPS) is 28.3. The van der Waals surface area contributed by atoms with Gasteiger partial charge in [-0.25, -0.2) is 4.79 Å². The number of aliphatic carboxylic acids is 1. The summed E-state index contributed by atoms with van der Waals surface area (Å²) in [5, 5.41) is 8.77. The van der Waals surface area contributed by atoms with Crippen molar-refractivity contribution in [3.63, 3.8) is 0 Å². The van der Waals surface area contributed by atoms with Crippen LogP contribution in [0.3, 0.4) is 0 Å². The minimum Gasteiger partial charge on any atom is -0.481 e. The highest BCUT2D eigenvalue weighted by atomic mass is 16.5. The zero-order valence-corrected chi connectivity index (χ0v) is 10.5. The van der Waals surface area contributed by atoms with Gasteiger partial charge in [-0.2, -0.15) is 0 Å². The first-order chi connectivity index (χ1) is 8.56. The Morgan fingerprint density at radius 1 is 1.00 bits per heavy atom. The van der Waals surface area contributed by atoms with E-state index < -0.39 is 11.9 Å². The Morgan fingerprint density at radius 3 is 1.83 bits per heavy atom. The molecule has 2 aliphatic rings. The van der Waals surface area contributed by atoms with E-state index in [0.717, 1.165) is 0 Å². The number of carboxylic acids is 1. The molecule has 2 amide bonds. The molecule has 1 N–H and O–H groups in total. The number of likely N-dealkylation sites (tertiary alicyclic amines) is 2. The Bertz CT molecular complexity index is 330. The number of hydrogen-bond acceptors (Lipinski definition) is 4. The van der Waals surface area contributed by atoms with Gasteiger partial charge in [0.1, 0.15) is 12.2 Å². The first kappa shape index (κ1) is 13.1. The third kappa shape index (κ3) is 2.28. The highest BCUT2D eigenvalue weighted by Gasteiger charge is 2.42. The standard InChI is InChI=1S/C11H18N2O5/c1-17-8-5-13(6-9(8)18-2)11(16)12-3-7(4-12)10(14)15/h7-9H,3-6H2,1-2H3,(H,14,15). The van der Waals surface area contributed by atoms with E-state index in [2.05, 4.69) is 0 Å². The topological polar surface area (TPSA) is 79.3 Å². The number of hydrogen-bond donors (Lipinski definition) is 1. The number of carbonyl (C=O) groups is 2. The second-order valence-electron chi connectivity index (χ2n) is 4.68. The van der Waals surface area contributed by atoms with E-state index in [1.807, 2.05) is 0 Å². The highest BCUT2D eigenvalue weighted by Crippen LogP contribution is 2.22. The van der Waals surface area contributed by atoms with E-state index in [1.54, 1.807) is 24.0 Å². The molecule has 2 saturated heterocycles. The van der Waals surface area contributed by atoms with Gasteiger partial charge in [0, 0.05) is 27.3 Å². The van der Waals surface area contributed by atoms with Crippen molar-refractivity contribution in [2.24, 2.45) is 5.92 Å². The number of nitrogens with zero attached hydrogens (tertiary/aromatic N) is 2. The van der Waals surface area contributed by atoms with Crippen molar-refractivity contribution >= 4 is 12.0 Å². The molecule has 7 heteroatoms. The molecule has 0 aromatic rings. The van der Waals surface area contributed by atoms with Crippen LogP contribution in [0.5, 0.6) is 0 Å². The van der Waals surface area contributed by atoms with E-state index in [4.69, 9.17) is 14.6 Å². The lowest BCUT2D eigenvalue weighted by molar-refractivity contribution is -0.146.